The molecule has 0 saturated carbocycles. The van der Waals surface area contributed by atoms with Gasteiger partial charge in [-0.1, -0.05) is 45.6 Å². The van der Waals surface area contributed by atoms with Crippen LogP contribution in [0.1, 0.15) is 92.4 Å². The number of esters is 1. The van der Waals surface area contributed by atoms with Crippen molar-refractivity contribution >= 4 is 35.0 Å². The Bertz CT molecular complexity index is 1750. The summed E-state index contributed by atoms with van der Waals surface area (Å²) in [6, 6.07) is 7.42. The van der Waals surface area contributed by atoms with Gasteiger partial charge in [-0.05, 0) is 98.0 Å². The fourth-order valence-corrected chi connectivity index (χ4v) is 9.97. The summed E-state index contributed by atoms with van der Waals surface area (Å²) in [6.07, 6.45) is 4.55. The molecular formula is C43H59N3O8S. The van der Waals surface area contributed by atoms with Crippen LogP contribution in [0, 0.1) is 41.4 Å². The number of carbonyl (C=O) groups excluding carboxylic acids is 4. The summed E-state index contributed by atoms with van der Waals surface area (Å²) < 4.78 is 25.2. The van der Waals surface area contributed by atoms with Crippen LogP contribution in [0.2, 0.25) is 0 Å². The lowest BCUT2D eigenvalue weighted by Gasteiger charge is -2.46. The van der Waals surface area contributed by atoms with Crippen LogP contribution in [0.3, 0.4) is 0 Å². The highest BCUT2D eigenvalue weighted by Crippen LogP contribution is 2.43. The molecule has 0 aliphatic carbocycles. The summed E-state index contributed by atoms with van der Waals surface area (Å²) in [5.41, 5.74) is -1.37. The molecule has 5 rings (SSSR count). The highest BCUT2D eigenvalue weighted by molar-refractivity contribution is 7.16. The maximum atomic E-state index is 14.5. The SMILES string of the molecule is CC[C@H]1OC(=O)[C@H](C)C(=O)[C@H](C)[C@@H](CC2C[C@@H](N(C)C)C[C@@H](C)O2)[C@@](C)(OCC#Cc2ccc(-c3cccnc3)s2)C[C@@H](C)C(=O)[C@H](C)C2NC(=O)O[C@@]21C. The first-order chi connectivity index (χ1) is 26.0. The van der Waals surface area contributed by atoms with E-state index in [9.17, 15) is 19.2 Å². The average molecular weight is 778 g/mol. The number of hydrogen-bond donors (Lipinski definition) is 1. The number of rotatable bonds is 7. The van der Waals surface area contributed by atoms with Gasteiger partial charge in [0, 0.05) is 46.6 Å². The molecular weight excluding hydrogens is 719 g/mol. The molecule has 1 amide bonds. The first kappa shape index (κ1) is 42.5. The predicted molar refractivity (Wildman–Crippen MR) is 211 cm³/mol. The summed E-state index contributed by atoms with van der Waals surface area (Å²) in [4.78, 5) is 63.9. The van der Waals surface area contributed by atoms with E-state index in [0.717, 1.165) is 28.2 Å². The van der Waals surface area contributed by atoms with Crippen molar-refractivity contribution in [1.29, 1.82) is 0 Å². The molecule has 2 aromatic heterocycles. The van der Waals surface area contributed by atoms with Crippen molar-refractivity contribution in [3.05, 3.63) is 41.5 Å². The van der Waals surface area contributed by atoms with Crippen molar-refractivity contribution in [3.8, 4) is 22.3 Å². The molecule has 12 heteroatoms. The van der Waals surface area contributed by atoms with Crippen molar-refractivity contribution in [2.45, 2.75) is 129 Å². The standard InChI is InChI=1S/C43H59N3O8S/c1-11-36-43(8)39(45-41(50)54-43)28(5)37(47)25(2)23-42(7,51-19-13-15-33-16-17-35(55-33)30-14-12-18-44-24-30)34(27(4)38(48)29(6)40(49)53-36)22-32-21-31(46(9)10)20-26(3)52-32/h12,14,16-18,24-29,31-32,34,36,39H,11,19-23H2,1-10H3,(H,45,50)/t25-,26-,27-,28+,29-,31+,32?,34-,36-,39?,42+,43-/m1/s1. The fraction of sp³-hybridized carbons (Fsp3) is 0.651. The van der Waals surface area contributed by atoms with E-state index in [1.807, 2.05) is 58.2 Å². The Kier molecular flexibility index (Phi) is 13.7. The Balaban J connectivity index is 1.53. The zero-order valence-corrected chi connectivity index (χ0v) is 34.9. The first-order valence-electron chi connectivity index (χ1n) is 19.7. The molecule has 0 radical (unpaired) electrons. The van der Waals surface area contributed by atoms with Crippen LogP contribution in [0.25, 0.3) is 10.4 Å². The number of aromatic nitrogens is 1. The number of fused-ring (bicyclic) bond motifs is 1. The van der Waals surface area contributed by atoms with Gasteiger partial charge in [0.2, 0.25) is 0 Å². The van der Waals surface area contributed by atoms with Gasteiger partial charge in [-0.15, -0.1) is 11.3 Å². The van der Waals surface area contributed by atoms with Crippen molar-refractivity contribution in [3.63, 3.8) is 0 Å². The second kappa shape index (κ2) is 17.7. The number of hydrogen-bond acceptors (Lipinski definition) is 11. The minimum absolute atomic E-state index is 0.00967. The van der Waals surface area contributed by atoms with Crippen LogP contribution in [-0.2, 0) is 33.3 Å². The van der Waals surface area contributed by atoms with Crippen molar-refractivity contribution in [2.75, 3.05) is 20.7 Å². The molecule has 2 unspecified atom stereocenters. The third kappa shape index (κ3) is 9.50. The molecule has 3 aliphatic rings. The maximum absolute atomic E-state index is 14.5. The molecule has 1 N–H and O–H groups in total. The van der Waals surface area contributed by atoms with Gasteiger partial charge in [0.25, 0.3) is 0 Å². The van der Waals surface area contributed by atoms with E-state index >= 15 is 0 Å². The van der Waals surface area contributed by atoms with E-state index in [0.29, 0.717) is 12.8 Å². The van der Waals surface area contributed by atoms with Gasteiger partial charge in [-0.2, -0.15) is 0 Å². The Hall–Kier alpha value is -3.63. The van der Waals surface area contributed by atoms with E-state index < -0.39 is 65.0 Å². The lowest BCUT2D eigenvalue weighted by atomic mass is 9.68. The van der Waals surface area contributed by atoms with Crippen LogP contribution >= 0.6 is 11.3 Å². The second-order valence-corrected chi connectivity index (χ2v) is 17.6. The van der Waals surface area contributed by atoms with E-state index in [4.69, 9.17) is 18.9 Å². The minimum Gasteiger partial charge on any atom is -0.458 e. The minimum atomic E-state index is -1.33. The number of nitrogens with zero attached hydrogens (tertiary/aromatic N) is 2. The molecule has 0 spiro atoms. The summed E-state index contributed by atoms with van der Waals surface area (Å²) >= 11 is 1.56. The molecule has 12 atom stereocenters. The zero-order chi connectivity index (χ0) is 40.2. The molecule has 2 aromatic rings. The normalized spacial score (nSPS) is 36.2. The highest BCUT2D eigenvalue weighted by Gasteiger charge is 2.57. The third-order valence-electron chi connectivity index (χ3n) is 12.3. The van der Waals surface area contributed by atoms with Crippen LogP contribution < -0.4 is 5.32 Å². The van der Waals surface area contributed by atoms with Gasteiger partial charge in [0.15, 0.2) is 5.60 Å². The van der Waals surface area contributed by atoms with E-state index in [2.05, 4.69) is 48.1 Å². The Morgan fingerprint density at radius 3 is 2.44 bits per heavy atom. The molecule has 300 valence electrons. The van der Waals surface area contributed by atoms with Crippen LogP contribution in [0.15, 0.2) is 36.7 Å². The quantitative estimate of drug-likeness (QED) is 0.184. The van der Waals surface area contributed by atoms with E-state index in [1.165, 1.54) is 0 Å². The average Bonchev–Trinajstić information content (AvgIpc) is 3.76. The van der Waals surface area contributed by atoms with Gasteiger partial charge in [-0.3, -0.25) is 19.4 Å². The number of thiophene rings is 1. The largest absolute Gasteiger partial charge is 0.458 e. The number of amides is 1. The summed E-state index contributed by atoms with van der Waals surface area (Å²) in [7, 11) is 4.14. The molecule has 3 saturated heterocycles. The van der Waals surface area contributed by atoms with Gasteiger partial charge in [0.05, 0.1) is 28.7 Å². The lowest BCUT2D eigenvalue weighted by molar-refractivity contribution is -0.173. The molecule has 55 heavy (non-hydrogen) atoms. The number of carbonyl (C=O) groups is 4. The monoisotopic (exact) mass is 777 g/mol. The first-order valence-corrected chi connectivity index (χ1v) is 20.5. The summed E-state index contributed by atoms with van der Waals surface area (Å²) in [6.45, 7) is 14.7. The zero-order valence-electron chi connectivity index (χ0n) is 34.0. The second-order valence-electron chi connectivity index (χ2n) is 16.5. The lowest BCUT2D eigenvalue weighted by Crippen LogP contribution is -2.57. The van der Waals surface area contributed by atoms with Gasteiger partial charge in [0.1, 0.15) is 30.2 Å². The topological polar surface area (TPSA) is 133 Å². The van der Waals surface area contributed by atoms with Gasteiger partial charge < -0.3 is 29.2 Å². The Labute approximate surface area is 330 Å². The predicted octanol–water partition coefficient (Wildman–Crippen LogP) is 6.72. The Morgan fingerprint density at radius 2 is 1.76 bits per heavy atom. The maximum Gasteiger partial charge on any atom is 0.408 e. The van der Waals surface area contributed by atoms with E-state index in [1.54, 1.807) is 38.3 Å². The van der Waals surface area contributed by atoms with Gasteiger partial charge >= 0.3 is 12.1 Å². The molecule has 11 nitrogen and oxygen atoms in total. The molecule has 5 heterocycles. The molecule has 3 fully saturated rings. The summed E-state index contributed by atoms with van der Waals surface area (Å²) in [5, 5.41) is 2.84. The molecule has 0 bridgehead atoms. The van der Waals surface area contributed by atoms with E-state index in [-0.39, 0.29) is 42.8 Å². The summed E-state index contributed by atoms with van der Waals surface area (Å²) in [5.74, 6) is 1.92. The van der Waals surface area contributed by atoms with Crippen molar-refractivity contribution < 1.29 is 38.1 Å². The Morgan fingerprint density at radius 1 is 1.02 bits per heavy atom. The number of Topliss-reactive ketones (excluding diaryl/α,β-unsaturated/α-hetero) is 2. The van der Waals surface area contributed by atoms with Crippen LogP contribution in [0.5, 0.6) is 0 Å². The number of ketones is 2. The van der Waals surface area contributed by atoms with Crippen LogP contribution in [0.4, 0.5) is 4.79 Å². The van der Waals surface area contributed by atoms with Gasteiger partial charge in [-0.25, -0.2) is 4.79 Å². The van der Waals surface area contributed by atoms with Crippen molar-refractivity contribution in [2.24, 2.45) is 29.6 Å². The highest BCUT2D eigenvalue weighted by atomic mass is 32.1. The third-order valence-corrected chi connectivity index (χ3v) is 13.3. The number of cyclic esters (lactones) is 1. The van der Waals surface area contributed by atoms with Crippen LogP contribution in [-0.4, -0.2) is 95.8 Å². The fourth-order valence-electron chi connectivity index (χ4n) is 9.10. The molecule has 3 aliphatic heterocycles. The van der Waals surface area contributed by atoms with Crippen molar-refractivity contribution in [1.82, 2.24) is 15.2 Å². The smallest absolute Gasteiger partial charge is 0.408 e. The number of ether oxygens (including phenoxy) is 4. The molecule has 0 aromatic carbocycles. The number of alkyl carbamates (subject to hydrolysis) is 1. The number of pyridine rings is 1. The number of nitrogens with one attached hydrogen (secondary N) is 1.